The van der Waals surface area contributed by atoms with Gasteiger partial charge in [-0.2, -0.15) is 0 Å². The van der Waals surface area contributed by atoms with Crippen molar-refractivity contribution in [2.45, 2.75) is 18.2 Å². The lowest BCUT2D eigenvalue weighted by Crippen LogP contribution is -2.26. The van der Waals surface area contributed by atoms with E-state index in [1.807, 2.05) is 43.3 Å². The Kier molecular flexibility index (Phi) is 7.24. The van der Waals surface area contributed by atoms with E-state index in [2.05, 4.69) is 10.0 Å². The minimum absolute atomic E-state index is 0.100. The third-order valence-electron chi connectivity index (χ3n) is 5.35. The van der Waals surface area contributed by atoms with Crippen LogP contribution in [-0.4, -0.2) is 20.9 Å². The van der Waals surface area contributed by atoms with Crippen molar-refractivity contribution in [3.63, 3.8) is 0 Å². The van der Waals surface area contributed by atoms with Crippen LogP contribution in [0.15, 0.2) is 99.2 Å². The van der Waals surface area contributed by atoms with Crippen LogP contribution in [0.4, 0.5) is 5.69 Å². The van der Waals surface area contributed by atoms with Crippen LogP contribution in [-0.2, 0) is 21.2 Å². The van der Waals surface area contributed by atoms with Gasteiger partial charge in [-0.3, -0.25) is 9.59 Å². The summed E-state index contributed by atoms with van der Waals surface area (Å²) >= 11 is 0. The fourth-order valence-corrected chi connectivity index (χ4v) is 4.53. The predicted molar refractivity (Wildman–Crippen MR) is 137 cm³/mol. The van der Waals surface area contributed by atoms with Crippen molar-refractivity contribution in [3.8, 4) is 0 Å². The van der Waals surface area contributed by atoms with Crippen molar-refractivity contribution in [3.05, 3.63) is 112 Å². The number of nitrogens with one attached hydrogen (secondary N) is 2. The van der Waals surface area contributed by atoms with Crippen LogP contribution in [0.2, 0.25) is 0 Å². The van der Waals surface area contributed by atoms with Crippen molar-refractivity contribution < 1.29 is 17.6 Å². The average Bonchev–Trinajstić information content (AvgIpc) is 2.85. The van der Waals surface area contributed by atoms with Gasteiger partial charge in [-0.25, -0.2) is 13.1 Å². The maximum absolute atomic E-state index is 12.6. The molecule has 35 heavy (non-hydrogen) atoms. The van der Waals surface area contributed by atoms with Crippen LogP contribution in [0.5, 0.6) is 0 Å². The van der Waals surface area contributed by atoms with Gasteiger partial charge in [-0.1, -0.05) is 42.0 Å². The smallest absolute Gasteiger partial charge is 0.248 e. The molecule has 0 unspecified atom stereocenters. The Hall–Kier alpha value is -4.01. The van der Waals surface area contributed by atoms with Crippen LogP contribution in [0.3, 0.4) is 0 Å². The Morgan fingerprint density at radius 3 is 2.49 bits per heavy atom. The molecule has 0 spiro atoms. The fourth-order valence-electron chi connectivity index (χ4n) is 3.50. The summed E-state index contributed by atoms with van der Waals surface area (Å²) in [5, 5.41) is 3.09. The largest absolute Gasteiger partial charge is 0.463 e. The van der Waals surface area contributed by atoms with Crippen LogP contribution in [0.1, 0.15) is 16.7 Å². The van der Waals surface area contributed by atoms with E-state index in [9.17, 15) is 18.0 Å². The summed E-state index contributed by atoms with van der Waals surface area (Å²) in [5.41, 5.74) is 2.89. The number of carbonyl (C=O) groups is 1. The molecule has 0 aliphatic heterocycles. The number of sulfonamides is 1. The lowest BCUT2D eigenvalue weighted by atomic mass is 10.1. The Morgan fingerprint density at radius 1 is 1.00 bits per heavy atom. The highest BCUT2D eigenvalue weighted by Crippen LogP contribution is 2.16. The van der Waals surface area contributed by atoms with Crippen molar-refractivity contribution in [1.29, 1.82) is 0 Å². The number of fused-ring (bicyclic) bond motifs is 1. The molecule has 178 valence electrons. The van der Waals surface area contributed by atoms with Gasteiger partial charge in [-0.15, -0.1) is 0 Å². The molecule has 0 atom stereocenters. The summed E-state index contributed by atoms with van der Waals surface area (Å²) in [5.74, 6) is -0.467. The van der Waals surface area contributed by atoms with Gasteiger partial charge in [0.25, 0.3) is 0 Å². The molecule has 0 aliphatic carbocycles. The monoisotopic (exact) mass is 488 g/mol. The molecule has 0 bridgehead atoms. The first-order valence-electron chi connectivity index (χ1n) is 11.0. The van der Waals surface area contributed by atoms with Crippen LogP contribution < -0.4 is 15.5 Å². The number of hydrogen-bond donors (Lipinski definition) is 2. The van der Waals surface area contributed by atoms with Gasteiger partial charge in [0.05, 0.1) is 15.8 Å². The zero-order valence-electron chi connectivity index (χ0n) is 19.0. The number of amides is 1. The molecule has 4 rings (SSSR count). The van der Waals surface area contributed by atoms with Crippen molar-refractivity contribution in [2.75, 3.05) is 11.9 Å². The Bertz CT molecular complexity index is 1540. The number of aryl methyl sites for hydroxylation is 1. The van der Waals surface area contributed by atoms with E-state index < -0.39 is 15.9 Å². The van der Waals surface area contributed by atoms with E-state index in [-0.39, 0.29) is 22.4 Å². The van der Waals surface area contributed by atoms with Gasteiger partial charge in [0.15, 0.2) is 5.43 Å². The van der Waals surface area contributed by atoms with Crippen molar-refractivity contribution in [1.82, 2.24) is 4.72 Å². The molecule has 1 amide bonds. The molecule has 8 heteroatoms. The third kappa shape index (κ3) is 6.11. The minimum atomic E-state index is -3.67. The number of carbonyl (C=O) groups excluding carboxylic acids is 1. The number of hydrogen-bond acceptors (Lipinski definition) is 5. The van der Waals surface area contributed by atoms with Gasteiger partial charge in [-0.05, 0) is 61.4 Å². The topological polar surface area (TPSA) is 105 Å². The lowest BCUT2D eigenvalue weighted by Gasteiger charge is -2.08. The molecule has 0 fully saturated rings. The van der Waals surface area contributed by atoms with E-state index in [0.717, 1.165) is 11.1 Å². The summed E-state index contributed by atoms with van der Waals surface area (Å²) in [4.78, 5) is 25.0. The number of rotatable bonds is 8. The lowest BCUT2D eigenvalue weighted by molar-refractivity contribution is -0.111. The highest BCUT2D eigenvalue weighted by atomic mass is 32.2. The Morgan fingerprint density at radius 2 is 1.74 bits per heavy atom. The van der Waals surface area contributed by atoms with E-state index in [1.165, 1.54) is 42.7 Å². The van der Waals surface area contributed by atoms with Gasteiger partial charge in [0.2, 0.25) is 15.9 Å². The van der Waals surface area contributed by atoms with E-state index >= 15 is 0 Å². The molecule has 0 saturated carbocycles. The normalized spacial score (nSPS) is 11.7. The zero-order valence-corrected chi connectivity index (χ0v) is 19.8. The molecular weight excluding hydrogens is 464 g/mol. The Balaban J connectivity index is 1.37. The molecule has 1 aromatic heterocycles. The molecule has 0 saturated heterocycles. The van der Waals surface area contributed by atoms with Crippen molar-refractivity contribution >= 4 is 38.7 Å². The van der Waals surface area contributed by atoms with Crippen molar-refractivity contribution in [2.24, 2.45) is 0 Å². The summed E-state index contributed by atoms with van der Waals surface area (Å²) in [6.45, 7) is 2.16. The second-order valence-corrected chi connectivity index (χ2v) is 9.77. The second kappa shape index (κ2) is 10.5. The quantitative estimate of drug-likeness (QED) is 0.360. The summed E-state index contributed by atoms with van der Waals surface area (Å²) in [6, 6.07) is 20.8. The maximum atomic E-state index is 12.6. The zero-order chi connectivity index (χ0) is 24.8. The van der Waals surface area contributed by atoms with Gasteiger partial charge >= 0.3 is 0 Å². The molecule has 3 aromatic carbocycles. The summed E-state index contributed by atoms with van der Waals surface area (Å²) in [6.07, 6.45) is 4.51. The molecule has 4 aromatic rings. The SMILES string of the molecule is Cc1ccc2occ(/C=C/C(=O)Nc3ccc(S(=O)(=O)NCCc4ccccc4)cc3)c(=O)c2c1. The molecule has 2 N–H and O–H groups in total. The van der Waals surface area contributed by atoms with Crippen LogP contribution in [0, 0.1) is 6.92 Å². The standard InChI is InChI=1S/C27H24N2O5S/c1-19-7-13-25-24(17-19)27(31)21(18-34-25)8-14-26(30)29-22-9-11-23(12-10-22)35(32,33)28-16-15-20-5-3-2-4-6-20/h2-14,17-18,28H,15-16H2,1H3,(H,29,30)/b14-8+. The van der Waals surface area contributed by atoms with Gasteiger partial charge in [0, 0.05) is 18.3 Å². The minimum Gasteiger partial charge on any atom is -0.463 e. The number of anilines is 1. The number of benzene rings is 3. The predicted octanol–water partition coefficient (Wildman–Crippen LogP) is 4.27. The molecule has 7 nitrogen and oxygen atoms in total. The van der Waals surface area contributed by atoms with Crippen LogP contribution in [0.25, 0.3) is 17.0 Å². The summed E-state index contributed by atoms with van der Waals surface area (Å²) < 4.78 is 33.1. The molecule has 1 heterocycles. The average molecular weight is 489 g/mol. The molecule has 0 radical (unpaired) electrons. The van der Waals surface area contributed by atoms with Gasteiger partial charge < -0.3 is 9.73 Å². The van der Waals surface area contributed by atoms with Crippen LogP contribution >= 0.6 is 0 Å². The first kappa shape index (κ1) is 24.1. The molecule has 0 aliphatic rings. The molecular formula is C27H24N2O5S. The van der Waals surface area contributed by atoms with E-state index in [4.69, 9.17) is 4.42 Å². The third-order valence-corrected chi connectivity index (χ3v) is 6.83. The van der Waals surface area contributed by atoms with Gasteiger partial charge in [0.1, 0.15) is 11.8 Å². The first-order chi connectivity index (χ1) is 16.8. The van der Waals surface area contributed by atoms with E-state index in [1.54, 1.807) is 12.1 Å². The highest BCUT2D eigenvalue weighted by molar-refractivity contribution is 7.89. The highest BCUT2D eigenvalue weighted by Gasteiger charge is 2.13. The fraction of sp³-hybridized carbons (Fsp3) is 0.111. The maximum Gasteiger partial charge on any atom is 0.248 e. The second-order valence-electron chi connectivity index (χ2n) is 8.00. The van der Waals surface area contributed by atoms with E-state index in [0.29, 0.717) is 23.1 Å². The first-order valence-corrected chi connectivity index (χ1v) is 12.4. The Labute approximate surface area is 203 Å². The summed E-state index contributed by atoms with van der Waals surface area (Å²) in [7, 11) is -3.67.